The first-order valence-electron chi connectivity index (χ1n) is 5.42. The van der Waals surface area contributed by atoms with Crippen LogP contribution in [0, 0.1) is 13.8 Å². The van der Waals surface area contributed by atoms with Crippen LogP contribution in [0.4, 0.5) is 0 Å². The lowest BCUT2D eigenvalue weighted by Gasteiger charge is -2.12. The summed E-state index contributed by atoms with van der Waals surface area (Å²) in [6.07, 6.45) is 0.955. The van der Waals surface area contributed by atoms with Gasteiger partial charge in [-0.2, -0.15) is 0 Å². The standard InChI is InChI=1S/C13H19NO/c1-5-11(4)14-13(15)12-7-6-9(2)10(3)8-12/h6-8,11H,5H2,1-4H3,(H,14,15)/t11-/m1/s1. The summed E-state index contributed by atoms with van der Waals surface area (Å²) in [6.45, 7) is 8.14. The largest absolute Gasteiger partial charge is 0.350 e. The van der Waals surface area contributed by atoms with Crippen molar-refractivity contribution in [2.75, 3.05) is 0 Å². The van der Waals surface area contributed by atoms with Gasteiger partial charge < -0.3 is 5.32 Å². The number of aryl methyl sites for hydroxylation is 2. The molecule has 1 amide bonds. The van der Waals surface area contributed by atoms with Crippen molar-refractivity contribution in [2.45, 2.75) is 40.2 Å². The van der Waals surface area contributed by atoms with Gasteiger partial charge in [0.1, 0.15) is 0 Å². The second-order valence-electron chi connectivity index (χ2n) is 4.08. The topological polar surface area (TPSA) is 29.1 Å². The van der Waals surface area contributed by atoms with Crippen molar-refractivity contribution in [1.29, 1.82) is 0 Å². The lowest BCUT2D eigenvalue weighted by atomic mass is 10.1. The van der Waals surface area contributed by atoms with Gasteiger partial charge in [0.05, 0.1) is 0 Å². The van der Waals surface area contributed by atoms with Gasteiger partial charge in [0.15, 0.2) is 0 Å². The fraction of sp³-hybridized carbons (Fsp3) is 0.462. The number of carbonyl (C=O) groups excluding carboxylic acids is 1. The van der Waals surface area contributed by atoms with Crippen LogP contribution in [-0.2, 0) is 0 Å². The summed E-state index contributed by atoms with van der Waals surface area (Å²) in [6, 6.07) is 6.03. The molecular formula is C13H19NO. The number of carbonyl (C=O) groups is 1. The molecule has 1 rings (SSSR count). The molecule has 0 heterocycles. The molecule has 0 radical (unpaired) electrons. The van der Waals surface area contributed by atoms with Crippen LogP contribution in [-0.4, -0.2) is 11.9 Å². The number of rotatable bonds is 3. The Morgan fingerprint density at radius 1 is 1.33 bits per heavy atom. The smallest absolute Gasteiger partial charge is 0.251 e. The molecule has 1 atom stereocenters. The number of hydrogen-bond donors (Lipinski definition) is 1. The molecule has 0 unspecified atom stereocenters. The average molecular weight is 205 g/mol. The lowest BCUT2D eigenvalue weighted by molar-refractivity contribution is 0.0939. The molecule has 1 aromatic rings. The third-order valence-electron chi connectivity index (χ3n) is 2.76. The average Bonchev–Trinajstić information content (AvgIpc) is 2.21. The van der Waals surface area contributed by atoms with E-state index in [1.54, 1.807) is 0 Å². The van der Waals surface area contributed by atoms with E-state index < -0.39 is 0 Å². The van der Waals surface area contributed by atoms with E-state index in [0.717, 1.165) is 17.5 Å². The van der Waals surface area contributed by atoms with E-state index in [-0.39, 0.29) is 11.9 Å². The number of nitrogens with one attached hydrogen (secondary N) is 1. The Morgan fingerprint density at radius 2 is 2.00 bits per heavy atom. The summed E-state index contributed by atoms with van der Waals surface area (Å²) in [5, 5.41) is 2.95. The zero-order valence-corrected chi connectivity index (χ0v) is 9.92. The molecule has 0 spiro atoms. The Morgan fingerprint density at radius 3 is 2.53 bits per heavy atom. The molecule has 0 saturated carbocycles. The molecule has 1 N–H and O–H groups in total. The summed E-state index contributed by atoms with van der Waals surface area (Å²) in [7, 11) is 0. The van der Waals surface area contributed by atoms with E-state index in [0.29, 0.717) is 0 Å². The van der Waals surface area contributed by atoms with E-state index in [1.165, 1.54) is 5.56 Å². The molecule has 0 bridgehead atoms. The second-order valence-corrected chi connectivity index (χ2v) is 4.08. The first-order valence-corrected chi connectivity index (χ1v) is 5.42. The van der Waals surface area contributed by atoms with Crippen LogP contribution in [0.5, 0.6) is 0 Å². The highest BCUT2D eigenvalue weighted by molar-refractivity contribution is 5.94. The molecule has 0 aliphatic heterocycles. The van der Waals surface area contributed by atoms with Crippen molar-refractivity contribution in [3.63, 3.8) is 0 Å². The zero-order valence-electron chi connectivity index (χ0n) is 9.92. The van der Waals surface area contributed by atoms with Crippen molar-refractivity contribution in [3.8, 4) is 0 Å². The normalized spacial score (nSPS) is 12.3. The first kappa shape index (κ1) is 11.8. The van der Waals surface area contributed by atoms with E-state index >= 15 is 0 Å². The summed E-state index contributed by atoms with van der Waals surface area (Å²) in [5.74, 6) is 0.0208. The summed E-state index contributed by atoms with van der Waals surface area (Å²) < 4.78 is 0. The lowest BCUT2D eigenvalue weighted by Crippen LogP contribution is -2.31. The molecule has 1 aromatic carbocycles. The maximum atomic E-state index is 11.8. The van der Waals surface area contributed by atoms with E-state index in [9.17, 15) is 4.79 Å². The molecule has 15 heavy (non-hydrogen) atoms. The summed E-state index contributed by atoms with van der Waals surface area (Å²) in [5.41, 5.74) is 3.13. The Hall–Kier alpha value is -1.31. The maximum absolute atomic E-state index is 11.8. The Balaban J connectivity index is 2.78. The number of benzene rings is 1. The zero-order chi connectivity index (χ0) is 11.4. The minimum absolute atomic E-state index is 0.0208. The van der Waals surface area contributed by atoms with Gasteiger partial charge in [-0.15, -0.1) is 0 Å². The van der Waals surface area contributed by atoms with Crippen LogP contribution in [0.1, 0.15) is 41.8 Å². The molecule has 2 heteroatoms. The van der Waals surface area contributed by atoms with Crippen LogP contribution in [0.2, 0.25) is 0 Å². The molecule has 0 aromatic heterocycles. The molecule has 82 valence electrons. The van der Waals surface area contributed by atoms with Crippen LogP contribution in [0.15, 0.2) is 18.2 Å². The Bertz CT molecular complexity index is 358. The van der Waals surface area contributed by atoms with Crippen LogP contribution >= 0.6 is 0 Å². The van der Waals surface area contributed by atoms with E-state index in [1.807, 2.05) is 39.0 Å². The minimum atomic E-state index is 0.0208. The van der Waals surface area contributed by atoms with Crippen LogP contribution in [0.3, 0.4) is 0 Å². The van der Waals surface area contributed by atoms with E-state index in [4.69, 9.17) is 0 Å². The van der Waals surface area contributed by atoms with Gasteiger partial charge in [0.25, 0.3) is 5.91 Å². The van der Waals surface area contributed by atoms with Gasteiger partial charge in [0, 0.05) is 11.6 Å². The van der Waals surface area contributed by atoms with Crippen molar-refractivity contribution in [2.24, 2.45) is 0 Å². The first-order chi connectivity index (χ1) is 7.04. The van der Waals surface area contributed by atoms with Gasteiger partial charge in [-0.25, -0.2) is 0 Å². The molecule has 0 fully saturated rings. The minimum Gasteiger partial charge on any atom is -0.350 e. The molecule has 2 nitrogen and oxygen atoms in total. The van der Waals surface area contributed by atoms with Gasteiger partial charge >= 0.3 is 0 Å². The maximum Gasteiger partial charge on any atom is 0.251 e. The highest BCUT2D eigenvalue weighted by Crippen LogP contribution is 2.09. The Labute approximate surface area is 91.7 Å². The monoisotopic (exact) mass is 205 g/mol. The predicted molar refractivity (Wildman–Crippen MR) is 63.1 cm³/mol. The third-order valence-corrected chi connectivity index (χ3v) is 2.76. The summed E-state index contributed by atoms with van der Waals surface area (Å²) >= 11 is 0. The fourth-order valence-corrected chi connectivity index (χ4v) is 1.29. The quantitative estimate of drug-likeness (QED) is 0.807. The predicted octanol–water partition coefficient (Wildman–Crippen LogP) is 2.83. The highest BCUT2D eigenvalue weighted by Gasteiger charge is 2.08. The van der Waals surface area contributed by atoms with Gasteiger partial charge in [-0.1, -0.05) is 13.0 Å². The van der Waals surface area contributed by atoms with Crippen molar-refractivity contribution in [1.82, 2.24) is 5.32 Å². The van der Waals surface area contributed by atoms with Crippen LogP contribution < -0.4 is 5.32 Å². The van der Waals surface area contributed by atoms with Crippen molar-refractivity contribution in [3.05, 3.63) is 34.9 Å². The van der Waals surface area contributed by atoms with Gasteiger partial charge in [0.2, 0.25) is 0 Å². The molecular weight excluding hydrogens is 186 g/mol. The Kier molecular flexibility index (Phi) is 3.89. The third kappa shape index (κ3) is 3.08. The summed E-state index contributed by atoms with van der Waals surface area (Å²) in [4.78, 5) is 11.8. The van der Waals surface area contributed by atoms with Gasteiger partial charge in [-0.05, 0) is 50.5 Å². The van der Waals surface area contributed by atoms with Crippen LogP contribution in [0.25, 0.3) is 0 Å². The van der Waals surface area contributed by atoms with Crippen molar-refractivity contribution >= 4 is 5.91 Å². The number of amides is 1. The SMILES string of the molecule is CC[C@@H](C)NC(=O)c1ccc(C)c(C)c1. The fourth-order valence-electron chi connectivity index (χ4n) is 1.29. The molecule has 0 aliphatic carbocycles. The van der Waals surface area contributed by atoms with E-state index in [2.05, 4.69) is 12.2 Å². The molecule has 0 saturated heterocycles. The molecule has 0 aliphatic rings. The number of hydrogen-bond acceptors (Lipinski definition) is 1. The second kappa shape index (κ2) is 4.96. The highest BCUT2D eigenvalue weighted by atomic mass is 16.1. The van der Waals surface area contributed by atoms with Gasteiger partial charge in [-0.3, -0.25) is 4.79 Å². The van der Waals surface area contributed by atoms with Crippen molar-refractivity contribution < 1.29 is 4.79 Å².